The highest BCUT2D eigenvalue weighted by Gasteiger charge is 2.29. The van der Waals surface area contributed by atoms with E-state index in [2.05, 4.69) is 25.3 Å². The SMILES string of the molecule is CC(C)(C)OC(=O)N1CCN(C(=O)c2cc(N)cc(-c3nc4ncccc4o3)c2)CC1.COc1ccc(C(=O)Cc2cc(C(=O)N3CCNCC3)cc(-c3nc4ncccc4o3)c2)cc1OC. The maximum absolute atomic E-state index is 13.3. The van der Waals surface area contributed by atoms with Gasteiger partial charge in [0, 0.05) is 105 Å². The Morgan fingerprint density at radius 1 is 0.657 bits per heavy atom. The number of hydrogen-bond acceptors (Lipinski definition) is 15. The lowest BCUT2D eigenvalue weighted by molar-refractivity contribution is 0.0141. The van der Waals surface area contributed by atoms with Gasteiger partial charge in [0.2, 0.25) is 11.8 Å². The molecule has 0 saturated carbocycles. The maximum Gasteiger partial charge on any atom is 0.410 e. The van der Waals surface area contributed by atoms with E-state index >= 15 is 0 Å². The van der Waals surface area contributed by atoms with Crippen LogP contribution >= 0.6 is 0 Å². The first-order valence-electron chi connectivity index (χ1n) is 21.8. The number of amides is 3. The van der Waals surface area contributed by atoms with Gasteiger partial charge in [-0.1, -0.05) is 0 Å². The van der Waals surface area contributed by atoms with E-state index in [4.69, 9.17) is 28.8 Å². The zero-order valence-electron chi connectivity index (χ0n) is 37.9. The summed E-state index contributed by atoms with van der Waals surface area (Å²) < 4.78 is 27.7. The van der Waals surface area contributed by atoms with Gasteiger partial charge in [-0.3, -0.25) is 14.4 Å². The molecule has 0 unspecified atom stereocenters. The highest BCUT2D eigenvalue weighted by atomic mass is 16.6. The fourth-order valence-electron chi connectivity index (χ4n) is 7.67. The molecule has 0 spiro atoms. The predicted octanol–water partition coefficient (Wildman–Crippen LogP) is 6.54. The Kier molecular flexibility index (Phi) is 13.4. The van der Waals surface area contributed by atoms with E-state index in [1.165, 1.54) is 7.11 Å². The number of aromatic nitrogens is 4. The number of nitrogens with zero attached hydrogens (tertiary/aromatic N) is 7. The number of nitrogens with two attached hydrogens (primary N) is 1. The van der Waals surface area contributed by atoms with Crippen molar-refractivity contribution in [2.24, 2.45) is 0 Å². The van der Waals surface area contributed by atoms with Crippen molar-refractivity contribution in [1.29, 1.82) is 0 Å². The molecule has 0 radical (unpaired) electrons. The zero-order valence-corrected chi connectivity index (χ0v) is 37.9. The standard InChI is InChI=1S/C27H26N4O5.C22H25N5O4/c1-34-22-6-5-18(16-24(22)35-2)21(32)14-17-12-19(26-30-25-23(36-26)4-3-7-29-25)15-20(13-17)27(33)31-10-8-28-9-11-31;1-22(2,3)31-21(29)27-9-7-26(8-10-27)20(28)15-11-14(12-16(23)13-15)19-25-18-17(30-19)5-4-6-24-18/h3-7,12-13,15-16,28H,8-11,14H2,1-2H3;4-6,11-13H,7-10,23H2,1-3H3. The number of anilines is 1. The average Bonchev–Trinajstić information content (AvgIpc) is 3.99. The van der Waals surface area contributed by atoms with Crippen molar-refractivity contribution in [2.75, 3.05) is 72.3 Å². The number of carbonyl (C=O) groups is 4. The quantitative estimate of drug-likeness (QED) is 0.116. The molecule has 3 aromatic carbocycles. The van der Waals surface area contributed by atoms with Crippen molar-refractivity contribution in [3.05, 3.63) is 114 Å². The number of hydrogen-bond donors (Lipinski definition) is 2. The van der Waals surface area contributed by atoms with Gasteiger partial charge in [-0.15, -0.1) is 0 Å². The first-order valence-corrected chi connectivity index (χ1v) is 21.8. The Balaban J connectivity index is 0.000000184. The fraction of sp³-hybridized carbons (Fsp3) is 0.306. The monoisotopic (exact) mass is 909 g/mol. The lowest BCUT2D eigenvalue weighted by Crippen LogP contribution is -2.51. The summed E-state index contributed by atoms with van der Waals surface area (Å²) in [4.78, 5) is 74.3. The highest BCUT2D eigenvalue weighted by Crippen LogP contribution is 2.31. The Morgan fingerprint density at radius 3 is 1.78 bits per heavy atom. The molecular formula is C49H51N9O9. The van der Waals surface area contributed by atoms with Crippen molar-refractivity contribution >= 4 is 51.8 Å². The second kappa shape index (κ2) is 19.7. The lowest BCUT2D eigenvalue weighted by Gasteiger charge is -2.35. The van der Waals surface area contributed by atoms with Crippen LogP contribution in [0.25, 0.3) is 45.4 Å². The molecule has 2 fully saturated rings. The number of pyridine rings is 2. The number of nitrogen functional groups attached to an aromatic ring is 1. The van der Waals surface area contributed by atoms with E-state index in [1.54, 1.807) is 102 Å². The molecular weight excluding hydrogens is 859 g/mol. The molecule has 3 N–H and O–H groups in total. The molecule has 18 nitrogen and oxygen atoms in total. The minimum atomic E-state index is -0.553. The van der Waals surface area contributed by atoms with Crippen LogP contribution in [-0.4, -0.2) is 131 Å². The minimum absolute atomic E-state index is 0.0869. The van der Waals surface area contributed by atoms with Crippen LogP contribution in [0.1, 0.15) is 57.4 Å². The third-order valence-corrected chi connectivity index (χ3v) is 11.0. The molecule has 346 valence electrons. The summed E-state index contributed by atoms with van der Waals surface area (Å²) in [6.45, 7) is 9.85. The third-order valence-electron chi connectivity index (χ3n) is 11.0. The number of nitrogens with one attached hydrogen (secondary N) is 1. The van der Waals surface area contributed by atoms with Gasteiger partial charge in [0.05, 0.1) is 14.2 Å². The Labute approximate surface area is 386 Å². The summed E-state index contributed by atoms with van der Waals surface area (Å²) in [5.74, 6) is 1.35. The number of ketones is 1. The van der Waals surface area contributed by atoms with Crippen molar-refractivity contribution in [3.8, 4) is 34.4 Å². The van der Waals surface area contributed by atoms with Gasteiger partial charge in [-0.2, -0.15) is 9.97 Å². The molecule has 0 bridgehead atoms. The first-order chi connectivity index (χ1) is 32.2. The summed E-state index contributed by atoms with van der Waals surface area (Å²) in [6, 6.07) is 22.6. The van der Waals surface area contributed by atoms with E-state index in [1.807, 2.05) is 31.7 Å². The molecule has 0 atom stereocenters. The smallest absolute Gasteiger partial charge is 0.410 e. The van der Waals surface area contributed by atoms with Gasteiger partial charge in [-0.05, 0) is 105 Å². The number of oxazole rings is 2. The minimum Gasteiger partial charge on any atom is -0.493 e. The van der Waals surface area contributed by atoms with E-state index < -0.39 is 5.60 Å². The molecule has 67 heavy (non-hydrogen) atoms. The molecule has 2 saturated heterocycles. The number of rotatable bonds is 9. The normalized spacial score (nSPS) is 14.1. The second-order valence-electron chi connectivity index (χ2n) is 16.9. The van der Waals surface area contributed by atoms with Gasteiger partial charge >= 0.3 is 6.09 Å². The summed E-state index contributed by atoms with van der Waals surface area (Å²) in [7, 11) is 3.07. The van der Waals surface area contributed by atoms with Crippen molar-refractivity contribution in [1.82, 2.24) is 40.0 Å². The largest absolute Gasteiger partial charge is 0.493 e. The van der Waals surface area contributed by atoms with Crippen LogP contribution in [0, 0.1) is 0 Å². The molecule has 9 rings (SSSR count). The van der Waals surface area contributed by atoms with Crippen LogP contribution in [0.5, 0.6) is 11.5 Å². The van der Waals surface area contributed by atoms with Crippen LogP contribution in [0.2, 0.25) is 0 Å². The van der Waals surface area contributed by atoms with Crippen LogP contribution in [0.3, 0.4) is 0 Å². The van der Waals surface area contributed by atoms with E-state index in [9.17, 15) is 19.2 Å². The van der Waals surface area contributed by atoms with Gasteiger partial charge in [0.15, 0.2) is 39.7 Å². The number of methoxy groups -OCH3 is 2. The highest BCUT2D eigenvalue weighted by molar-refractivity contribution is 6.00. The van der Waals surface area contributed by atoms with E-state index in [0.717, 1.165) is 13.1 Å². The Hall–Kier alpha value is -7.86. The number of benzene rings is 3. The maximum atomic E-state index is 13.3. The Bertz CT molecular complexity index is 2880. The number of fused-ring (bicyclic) bond motifs is 2. The summed E-state index contributed by atoms with van der Waals surface area (Å²) in [6.07, 6.45) is 3.01. The van der Waals surface area contributed by atoms with Crippen molar-refractivity contribution in [2.45, 2.75) is 32.8 Å². The van der Waals surface area contributed by atoms with E-state index in [-0.39, 0.29) is 30.1 Å². The molecule has 6 heterocycles. The van der Waals surface area contributed by atoms with Crippen LogP contribution < -0.4 is 20.5 Å². The summed E-state index contributed by atoms with van der Waals surface area (Å²) in [5.41, 5.74) is 11.3. The summed E-state index contributed by atoms with van der Waals surface area (Å²) >= 11 is 0. The van der Waals surface area contributed by atoms with Crippen LogP contribution in [0.15, 0.2) is 100 Å². The van der Waals surface area contributed by atoms with Gasteiger partial charge in [0.1, 0.15) is 5.60 Å². The molecule has 7 aromatic rings. The molecule has 18 heteroatoms. The van der Waals surface area contributed by atoms with Crippen molar-refractivity contribution in [3.63, 3.8) is 0 Å². The number of piperazine rings is 2. The topological polar surface area (TPSA) is 222 Å². The van der Waals surface area contributed by atoms with Crippen molar-refractivity contribution < 1.29 is 42.2 Å². The van der Waals surface area contributed by atoms with Crippen LogP contribution in [-0.2, 0) is 11.2 Å². The molecule has 2 aliphatic rings. The fourth-order valence-corrected chi connectivity index (χ4v) is 7.67. The molecule has 3 amide bonds. The third kappa shape index (κ3) is 10.8. The van der Waals surface area contributed by atoms with E-state index in [0.29, 0.717) is 124 Å². The molecule has 4 aromatic heterocycles. The van der Waals surface area contributed by atoms with Gasteiger partial charge < -0.3 is 48.8 Å². The lowest BCUT2D eigenvalue weighted by atomic mass is 9.98. The average molecular weight is 910 g/mol. The summed E-state index contributed by atoms with van der Waals surface area (Å²) in [5, 5.41) is 3.26. The van der Waals surface area contributed by atoms with Gasteiger partial charge in [0.25, 0.3) is 11.8 Å². The predicted molar refractivity (Wildman–Crippen MR) is 249 cm³/mol. The van der Waals surface area contributed by atoms with Crippen LogP contribution in [0.4, 0.5) is 10.5 Å². The number of ether oxygens (including phenoxy) is 3. The zero-order chi connectivity index (χ0) is 47.2. The second-order valence-corrected chi connectivity index (χ2v) is 16.9. The van der Waals surface area contributed by atoms with Gasteiger partial charge in [-0.25, -0.2) is 14.8 Å². The Morgan fingerprint density at radius 2 is 1.21 bits per heavy atom. The number of carbonyl (C=O) groups excluding carboxylic acids is 4. The first kappa shape index (κ1) is 45.7. The molecule has 0 aliphatic carbocycles. The number of Topliss-reactive ketones (excluding diaryl/α,β-unsaturated/α-hetero) is 1. The molecule has 2 aliphatic heterocycles.